The summed E-state index contributed by atoms with van der Waals surface area (Å²) in [5.41, 5.74) is 7.44. The quantitative estimate of drug-likeness (QED) is 0.887. The average Bonchev–Trinajstić information content (AvgIpc) is 2.87. The number of halogens is 1. The summed E-state index contributed by atoms with van der Waals surface area (Å²) in [6.07, 6.45) is 0.378. The third kappa shape index (κ3) is 1.85. The first kappa shape index (κ1) is 12.9. The summed E-state index contributed by atoms with van der Waals surface area (Å²) >= 11 is 0. The van der Waals surface area contributed by atoms with Crippen molar-refractivity contribution in [1.29, 1.82) is 0 Å². The summed E-state index contributed by atoms with van der Waals surface area (Å²) in [7, 11) is 0. The molecule has 1 aromatic heterocycles. The van der Waals surface area contributed by atoms with Gasteiger partial charge in [-0.15, -0.1) is 12.4 Å². The van der Waals surface area contributed by atoms with Crippen molar-refractivity contribution in [2.24, 2.45) is 5.73 Å². The highest BCUT2D eigenvalue weighted by Crippen LogP contribution is 2.27. The van der Waals surface area contributed by atoms with Gasteiger partial charge in [0.15, 0.2) is 0 Å². The molecule has 2 heterocycles. The van der Waals surface area contributed by atoms with Crippen molar-refractivity contribution in [3.63, 3.8) is 0 Å². The average molecular weight is 267 g/mol. The third-order valence-corrected chi connectivity index (χ3v) is 3.08. The summed E-state index contributed by atoms with van der Waals surface area (Å²) in [6, 6.07) is 7.94. The number of nitrogens with two attached hydrogens (primary N) is 1. The van der Waals surface area contributed by atoms with Gasteiger partial charge in [0.05, 0.1) is 11.0 Å². The van der Waals surface area contributed by atoms with Crippen LogP contribution in [0.1, 0.15) is 6.42 Å². The number of nitrogens with zero attached hydrogens (tertiary/aromatic N) is 3. The number of aromatic nitrogens is 2. The Morgan fingerprint density at radius 1 is 1.33 bits per heavy atom. The van der Waals surface area contributed by atoms with E-state index in [0.29, 0.717) is 19.5 Å². The van der Waals surface area contributed by atoms with E-state index in [1.165, 1.54) is 0 Å². The molecule has 0 fully saturated rings. The van der Waals surface area contributed by atoms with Crippen LogP contribution in [0.4, 0.5) is 5.95 Å². The van der Waals surface area contributed by atoms with E-state index in [2.05, 4.69) is 9.55 Å². The van der Waals surface area contributed by atoms with Crippen LogP contribution in [-0.4, -0.2) is 28.5 Å². The van der Waals surface area contributed by atoms with E-state index in [1.54, 1.807) is 4.90 Å². The first-order chi connectivity index (χ1) is 8.31. The maximum Gasteiger partial charge on any atom is 0.230 e. The van der Waals surface area contributed by atoms with Gasteiger partial charge < -0.3 is 10.3 Å². The van der Waals surface area contributed by atoms with Crippen LogP contribution in [0.15, 0.2) is 24.3 Å². The molecule has 1 aromatic carbocycles. The van der Waals surface area contributed by atoms with Crippen molar-refractivity contribution in [2.75, 3.05) is 18.0 Å². The van der Waals surface area contributed by atoms with E-state index < -0.39 is 0 Å². The third-order valence-electron chi connectivity index (χ3n) is 3.08. The Hall–Kier alpha value is -1.59. The van der Waals surface area contributed by atoms with E-state index in [9.17, 15) is 4.79 Å². The number of amides is 1. The molecule has 1 aliphatic rings. The number of carbonyl (C=O) groups is 1. The Balaban J connectivity index is 0.00000120. The number of fused-ring (bicyclic) bond motifs is 3. The molecule has 96 valence electrons. The lowest BCUT2D eigenvalue weighted by atomic mass is 10.3. The van der Waals surface area contributed by atoms with Crippen LogP contribution in [0.5, 0.6) is 0 Å². The molecule has 0 spiro atoms. The highest BCUT2D eigenvalue weighted by atomic mass is 35.5. The zero-order valence-electron chi connectivity index (χ0n) is 9.87. The van der Waals surface area contributed by atoms with Crippen LogP contribution < -0.4 is 10.6 Å². The maximum absolute atomic E-state index is 11.9. The molecule has 2 aromatic rings. The van der Waals surface area contributed by atoms with Crippen LogP contribution >= 0.6 is 12.4 Å². The van der Waals surface area contributed by atoms with Crippen molar-refractivity contribution in [1.82, 2.24) is 9.55 Å². The van der Waals surface area contributed by atoms with E-state index >= 15 is 0 Å². The predicted molar refractivity (Wildman–Crippen MR) is 73.0 cm³/mol. The van der Waals surface area contributed by atoms with Crippen LogP contribution in [-0.2, 0) is 11.3 Å². The van der Waals surface area contributed by atoms with Crippen LogP contribution in [0, 0.1) is 0 Å². The molecule has 3 rings (SSSR count). The molecule has 0 atom stereocenters. The summed E-state index contributed by atoms with van der Waals surface area (Å²) in [5.74, 6) is 0.811. The molecular formula is C12H15ClN4O. The molecule has 1 amide bonds. The fraction of sp³-hybridized carbons (Fsp3) is 0.333. The summed E-state index contributed by atoms with van der Waals surface area (Å²) in [5, 5.41) is 0. The normalized spacial score (nSPS) is 13.5. The molecule has 6 heteroatoms. The molecule has 0 radical (unpaired) electrons. The summed E-state index contributed by atoms with van der Waals surface area (Å²) in [6.45, 7) is 1.90. The fourth-order valence-corrected chi connectivity index (χ4v) is 2.28. The van der Waals surface area contributed by atoms with Gasteiger partial charge >= 0.3 is 0 Å². The number of rotatable bonds is 2. The highest BCUT2D eigenvalue weighted by Gasteiger charge is 2.27. The van der Waals surface area contributed by atoms with Gasteiger partial charge in [0, 0.05) is 26.1 Å². The topological polar surface area (TPSA) is 64.2 Å². The molecule has 0 saturated carbocycles. The standard InChI is InChI=1S/C12H14N4O.ClH/c13-6-5-11(17)16-8-7-15-10-4-2-1-3-9(10)14-12(15)16;/h1-4H,5-8,13H2;1H. The Kier molecular flexibility index (Phi) is 3.54. The Bertz CT molecular complexity index is 580. The largest absolute Gasteiger partial charge is 0.330 e. The molecule has 0 bridgehead atoms. The van der Waals surface area contributed by atoms with Crippen molar-refractivity contribution >= 4 is 35.3 Å². The lowest BCUT2D eigenvalue weighted by Gasteiger charge is -2.12. The minimum atomic E-state index is 0. The van der Waals surface area contributed by atoms with Gasteiger partial charge in [0.2, 0.25) is 11.9 Å². The Labute approximate surface area is 111 Å². The fourth-order valence-electron chi connectivity index (χ4n) is 2.28. The molecular weight excluding hydrogens is 252 g/mol. The zero-order chi connectivity index (χ0) is 11.8. The number of anilines is 1. The van der Waals surface area contributed by atoms with Gasteiger partial charge in [-0.3, -0.25) is 9.69 Å². The second-order valence-electron chi connectivity index (χ2n) is 4.14. The van der Waals surface area contributed by atoms with Crippen molar-refractivity contribution < 1.29 is 4.79 Å². The molecule has 2 N–H and O–H groups in total. The van der Waals surface area contributed by atoms with Crippen LogP contribution in [0.25, 0.3) is 11.0 Å². The number of carbonyl (C=O) groups excluding carboxylic acids is 1. The van der Waals surface area contributed by atoms with Crippen LogP contribution in [0.3, 0.4) is 0 Å². The van der Waals surface area contributed by atoms with Crippen LogP contribution in [0.2, 0.25) is 0 Å². The number of imidazole rings is 1. The second-order valence-corrected chi connectivity index (χ2v) is 4.14. The monoisotopic (exact) mass is 266 g/mol. The van der Waals surface area contributed by atoms with Gasteiger partial charge in [-0.2, -0.15) is 0 Å². The minimum Gasteiger partial charge on any atom is -0.330 e. The number of hydrogen-bond acceptors (Lipinski definition) is 3. The summed E-state index contributed by atoms with van der Waals surface area (Å²) in [4.78, 5) is 18.1. The van der Waals surface area contributed by atoms with Crippen molar-refractivity contribution in [3.05, 3.63) is 24.3 Å². The number of hydrogen-bond donors (Lipinski definition) is 1. The molecule has 0 saturated heterocycles. The number of para-hydroxylation sites is 2. The molecule has 18 heavy (non-hydrogen) atoms. The lowest BCUT2D eigenvalue weighted by Crippen LogP contribution is -2.30. The first-order valence-corrected chi connectivity index (χ1v) is 5.77. The summed E-state index contributed by atoms with van der Waals surface area (Å²) < 4.78 is 2.09. The molecule has 0 unspecified atom stereocenters. The van der Waals surface area contributed by atoms with Gasteiger partial charge in [0.25, 0.3) is 0 Å². The van der Waals surface area contributed by atoms with E-state index in [-0.39, 0.29) is 18.3 Å². The van der Waals surface area contributed by atoms with E-state index in [4.69, 9.17) is 5.73 Å². The molecule has 1 aliphatic heterocycles. The van der Waals surface area contributed by atoms with E-state index in [1.807, 2.05) is 24.3 Å². The minimum absolute atomic E-state index is 0. The van der Waals surface area contributed by atoms with Crippen molar-refractivity contribution in [3.8, 4) is 0 Å². The van der Waals surface area contributed by atoms with Gasteiger partial charge in [-0.25, -0.2) is 4.98 Å². The Morgan fingerprint density at radius 2 is 2.11 bits per heavy atom. The predicted octanol–water partition coefficient (Wildman–Crippen LogP) is 1.15. The lowest BCUT2D eigenvalue weighted by molar-refractivity contribution is -0.118. The molecule has 0 aliphatic carbocycles. The highest BCUT2D eigenvalue weighted by molar-refractivity contribution is 5.94. The second kappa shape index (κ2) is 4.96. The zero-order valence-corrected chi connectivity index (χ0v) is 10.7. The first-order valence-electron chi connectivity index (χ1n) is 5.77. The SMILES string of the molecule is Cl.NCCC(=O)N1CCn2c1nc1ccccc12. The van der Waals surface area contributed by atoms with Crippen molar-refractivity contribution in [2.45, 2.75) is 13.0 Å². The van der Waals surface area contributed by atoms with Gasteiger partial charge in [0.1, 0.15) is 0 Å². The number of benzene rings is 1. The molecule has 5 nitrogen and oxygen atoms in total. The Morgan fingerprint density at radius 3 is 2.89 bits per heavy atom. The van der Waals surface area contributed by atoms with Gasteiger partial charge in [-0.05, 0) is 12.1 Å². The van der Waals surface area contributed by atoms with Gasteiger partial charge in [-0.1, -0.05) is 12.1 Å². The maximum atomic E-state index is 11.9. The smallest absolute Gasteiger partial charge is 0.230 e. The van der Waals surface area contributed by atoms with E-state index in [0.717, 1.165) is 23.5 Å².